The van der Waals surface area contributed by atoms with Gasteiger partial charge in [-0.1, -0.05) is 0 Å². The van der Waals surface area contributed by atoms with Gasteiger partial charge in [-0.05, 0) is 19.3 Å². The monoisotopic (exact) mass is 152 g/mol. The van der Waals surface area contributed by atoms with Gasteiger partial charge < -0.3 is 0 Å². The lowest BCUT2D eigenvalue weighted by Crippen LogP contribution is -2.24. The summed E-state index contributed by atoms with van der Waals surface area (Å²) in [4.78, 5) is 0. The molecule has 1 saturated carbocycles. The van der Waals surface area contributed by atoms with E-state index >= 15 is 0 Å². The maximum Gasteiger partial charge on any atom is 0.397 e. The van der Waals surface area contributed by atoms with E-state index in [4.69, 9.17) is 4.55 Å². The first kappa shape index (κ1) is 6.98. The molecule has 0 aliphatic heterocycles. The molecule has 0 unspecified atom stereocenters. The molecule has 0 amide bonds. The second-order valence-corrected chi connectivity index (χ2v) is 3.12. The van der Waals surface area contributed by atoms with Crippen LogP contribution >= 0.6 is 0 Å². The molecule has 0 bridgehead atoms. The Morgan fingerprint density at radius 3 is 2.11 bits per heavy atom. The summed E-state index contributed by atoms with van der Waals surface area (Å²) in [5.74, 6) is 0. The normalized spacial score (nSPS) is 21.4. The van der Waals surface area contributed by atoms with Gasteiger partial charge in [0.2, 0.25) is 0 Å². The zero-order valence-corrected chi connectivity index (χ0v) is 5.60. The molecule has 1 rings (SSSR count). The topological polar surface area (TPSA) is 63.6 Å². The highest BCUT2D eigenvalue weighted by molar-refractivity contribution is 7.80. The van der Waals surface area contributed by atoms with Gasteiger partial charge in [-0.3, -0.25) is 4.55 Å². The van der Waals surface area contributed by atoms with Gasteiger partial charge in [0.05, 0.1) is 6.10 Å². The van der Waals surface area contributed by atoms with E-state index in [2.05, 4.69) is 4.18 Å². The standard InChI is InChI=1S/C4H8O4S/c5-9(6,7)8-4-2-1-3-4/h4H,1-3H2,(H,5,6,7). The van der Waals surface area contributed by atoms with Crippen LogP contribution in [0.2, 0.25) is 0 Å². The molecular formula is C4H8O4S. The maximum atomic E-state index is 9.97. The Morgan fingerprint density at radius 1 is 1.44 bits per heavy atom. The van der Waals surface area contributed by atoms with Crippen molar-refractivity contribution < 1.29 is 17.2 Å². The van der Waals surface area contributed by atoms with E-state index in [9.17, 15) is 8.42 Å². The van der Waals surface area contributed by atoms with Crippen molar-refractivity contribution in [2.24, 2.45) is 0 Å². The zero-order chi connectivity index (χ0) is 6.91. The van der Waals surface area contributed by atoms with E-state index < -0.39 is 10.4 Å². The summed E-state index contributed by atoms with van der Waals surface area (Å²) in [6.07, 6.45) is 2.19. The molecule has 0 atom stereocenters. The van der Waals surface area contributed by atoms with Gasteiger partial charge in [-0.2, -0.15) is 8.42 Å². The van der Waals surface area contributed by atoms with Crippen molar-refractivity contribution >= 4 is 10.4 Å². The van der Waals surface area contributed by atoms with Crippen molar-refractivity contribution in [3.63, 3.8) is 0 Å². The molecule has 9 heavy (non-hydrogen) atoms. The molecule has 0 spiro atoms. The van der Waals surface area contributed by atoms with E-state index in [1.165, 1.54) is 0 Å². The summed E-state index contributed by atoms with van der Waals surface area (Å²) in [5.41, 5.74) is 0. The highest BCUT2D eigenvalue weighted by atomic mass is 32.3. The fourth-order valence-corrected chi connectivity index (χ4v) is 1.18. The van der Waals surface area contributed by atoms with Crippen molar-refractivity contribution in [3.05, 3.63) is 0 Å². The van der Waals surface area contributed by atoms with Crippen LogP contribution in [0.5, 0.6) is 0 Å². The minimum Gasteiger partial charge on any atom is -0.264 e. The Kier molecular flexibility index (Phi) is 1.74. The lowest BCUT2D eigenvalue weighted by atomic mass is 9.97. The van der Waals surface area contributed by atoms with Gasteiger partial charge >= 0.3 is 10.4 Å². The molecule has 54 valence electrons. The first-order chi connectivity index (χ1) is 4.08. The van der Waals surface area contributed by atoms with Crippen LogP contribution in [0.4, 0.5) is 0 Å². The highest BCUT2D eigenvalue weighted by Gasteiger charge is 2.23. The lowest BCUT2D eigenvalue weighted by molar-refractivity contribution is 0.111. The highest BCUT2D eigenvalue weighted by Crippen LogP contribution is 2.22. The van der Waals surface area contributed by atoms with Crippen LogP contribution in [0.3, 0.4) is 0 Å². The van der Waals surface area contributed by atoms with Crippen molar-refractivity contribution in [2.75, 3.05) is 0 Å². The molecule has 0 aromatic carbocycles. The fourth-order valence-electron chi connectivity index (χ4n) is 0.639. The molecule has 0 aromatic rings. The summed E-state index contributed by atoms with van der Waals surface area (Å²) in [5, 5.41) is 0. The van der Waals surface area contributed by atoms with Gasteiger partial charge in [0, 0.05) is 0 Å². The van der Waals surface area contributed by atoms with E-state index in [1.54, 1.807) is 0 Å². The Balaban J connectivity index is 2.33. The Bertz CT molecular complexity index is 179. The van der Waals surface area contributed by atoms with Crippen molar-refractivity contribution in [1.82, 2.24) is 0 Å². The van der Waals surface area contributed by atoms with Crippen molar-refractivity contribution in [2.45, 2.75) is 25.4 Å². The quantitative estimate of drug-likeness (QED) is 0.580. The second kappa shape index (κ2) is 2.24. The van der Waals surface area contributed by atoms with Crippen LogP contribution in [0, 0.1) is 0 Å². The van der Waals surface area contributed by atoms with Gasteiger partial charge in [-0.15, -0.1) is 0 Å². The molecule has 0 saturated heterocycles. The summed E-state index contributed by atoms with van der Waals surface area (Å²) in [7, 11) is -4.18. The Morgan fingerprint density at radius 2 is 2.00 bits per heavy atom. The largest absolute Gasteiger partial charge is 0.397 e. The molecular weight excluding hydrogens is 144 g/mol. The molecule has 4 nitrogen and oxygen atoms in total. The minimum atomic E-state index is -4.18. The molecule has 1 N–H and O–H groups in total. The van der Waals surface area contributed by atoms with Crippen LogP contribution in [-0.4, -0.2) is 19.1 Å². The predicted molar refractivity (Wildman–Crippen MR) is 30.3 cm³/mol. The van der Waals surface area contributed by atoms with E-state index in [0.717, 1.165) is 19.3 Å². The van der Waals surface area contributed by atoms with Crippen molar-refractivity contribution in [3.8, 4) is 0 Å². The number of hydrogen-bond donors (Lipinski definition) is 1. The van der Waals surface area contributed by atoms with E-state index in [1.807, 2.05) is 0 Å². The lowest BCUT2D eigenvalue weighted by Gasteiger charge is -2.22. The molecule has 0 radical (unpaired) electrons. The van der Waals surface area contributed by atoms with Crippen LogP contribution in [0.25, 0.3) is 0 Å². The number of rotatable bonds is 2. The van der Waals surface area contributed by atoms with Crippen LogP contribution in [0.15, 0.2) is 0 Å². The molecule has 0 aromatic heterocycles. The van der Waals surface area contributed by atoms with Gasteiger partial charge in [0.15, 0.2) is 0 Å². The average Bonchev–Trinajstić information content (AvgIpc) is 1.53. The van der Waals surface area contributed by atoms with E-state index in [-0.39, 0.29) is 6.10 Å². The first-order valence-corrected chi connectivity index (χ1v) is 4.10. The number of hydrogen-bond acceptors (Lipinski definition) is 3. The third kappa shape index (κ3) is 2.30. The second-order valence-electron chi connectivity index (χ2n) is 2.08. The molecule has 1 aliphatic carbocycles. The van der Waals surface area contributed by atoms with Crippen LogP contribution < -0.4 is 0 Å². The summed E-state index contributed by atoms with van der Waals surface area (Å²) in [6.45, 7) is 0. The molecule has 1 fully saturated rings. The SMILES string of the molecule is O=S(=O)(O)OC1CCC1. The minimum absolute atomic E-state index is 0.264. The smallest absolute Gasteiger partial charge is 0.264 e. The summed E-state index contributed by atoms with van der Waals surface area (Å²) < 4.78 is 32.2. The van der Waals surface area contributed by atoms with Crippen LogP contribution in [0.1, 0.15) is 19.3 Å². The van der Waals surface area contributed by atoms with Crippen LogP contribution in [-0.2, 0) is 14.6 Å². The van der Waals surface area contributed by atoms with E-state index in [0.29, 0.717) is 0 Å². The summed E-state index contributed by atoms with van der Waals surface area (Å²) in [6, 6.07) is 0. The third-order valence-electron chi connectivity index (χ3n) is 1.31. The first-order valence-electron chi connectivity index (χ1n) is 2.73. The van der Waals surface area contributed by atoms with Crippen molar-refractivity contribution in [1.29, 1.82) is 0 Å². The zero-order valence-electron chi connectivity index (χ0n) is 4.78. The summed E-state index contributed by atoms with van der Waals surface area (Å²) >= 11 is 0. The Labute approximate surface area is 53.8 Å². The molecule has 0 heterocycles. The Hall–Kier alpha value is -0.130. The van der Waals surface area contributed by atoms with Gasteiger partial charge in [-0.25, -0.2) is 4.18 Å². The predicted octanol–water partition coefficient (Wildman–Crippen LogP) is 0.358. The molecule has 5 heteroatoms. The van der Waals surface area contributed by atoms with Gasteiger partial charge in [0.1, 0.15) is 0 Å². The fraction of sp³-hybridized carbons (Fsp3) is 1.00. The average molecular weight is 152 g/mol. The van der Waals surface area contributed by atoms with Gasteiger partial charge in [0.25, 0.3) is 0 Å². The third-order valence-corrected chi connectivity index (χ3v) is 1.83. The molecule has 1 aliphatic rings. The maximum absolute atomic E-state index is 9.97.